The van der Waals surface area contributed by atoms with Crippen LogP contribution in [-0.2, 0) is 28.8 Å². The van der Waals surface area contributed by atoms with E-state index in [1.54, 1.807) is 6.92 Å². The molecule has 0 radical (unpaired) electrons. The molecule has 4 rings (SSSR count). The molecule has 6 N–H and O–H groups in total. The number of nitrogens with one attached hydrogen (secondary N) is 3. The van der Waals surface area contributed by atoms with Crippen molar-refractivity contribution >= 4 is 65.4 Å². The Morgan fingerprint density at radius 1 is 1.17 bits per heavy atom. The van der Waals surface area contributed by atoms with Crippen LogP contribution in [0.2, 0.25) is 0 Å². The van der Waals surface area contributed by atoms with E-state index in [4.69, 9.17) is 11.6 Å². The summed E-state index contributed by atoms with van der Waals surface area (Å²) in [6, 6.07) is 0.249. The number of likely N-dealkylation sites (N-methyl/N-ethyl adjacent to an activating group) is 1. The van der Waals surface area contributed by atoms with E-state index in [1.807, 2.05) is 0 Å². The molecule has 0 aromatic heterocycles. The lowest BCUT2D eigenvalue weighted by atomic mass is 9.94. The Morgan fingerprint density at radius 3 is 2.48 bits per heavy atom. The number of aliphatic carboxylic acids is 1. The average Bonchev–Trinajstić information content (AvgIpc) is 2.97. The van der Waals surface area contributed by atoms with E-state index in [0.29, 0.717) is 4.90 Å². The van der Waals surface area contributed by atoms with Gasteiger partial charge in [-0.2, -0.15) is 0 Å². The minimum atomic E-state index is -2.15. The number of phenolic OH excluding ortho intramolecular Hbond substituents is 2. The number of rotatable bonds is 9. The molecule has 224 valence electrons. The predicted octanol–water partition coefficient (Wildman–Crippen LogP) is -1.41. The second-order valence-corrected chi connectivity index (χ2v) is 10.6. The zero-order valence-electron chi connectivity index (χ0n) is 21.8. The highest BCUT2D eigenvalue weighted by Crippen LogP contribution is 2.45. The van der Waals surface area contributed by atoms with Crippen LogP contribution in [0.15, 0.2) is 29.5 Å². The number of aromatic hydroxyl groups is 2. The van der Waals surface area contributed by atoms with Gasteiger partial charge in [0.1, 0.15) is 17.1 Å². The molecule has 1 aromatic carbocycles. The van der Waals surface area contributed by atoms with Gasteiger partial charge in [-0.15, -0.1) is 23.4 Å². The van der Waals surface area contributed by atoms with E-state index >= 15 is 0 Å². The van der Waals surface area contributed by atoms with Gasteiger partial charge in [0.15, 0.2) is 11.5 Å². The molecule has 1 aromatic rings. The number of phenols is 2. The smallest absolute Gasteiger partial charge is 0.352 e. The van der Waals surface area contributed by atoms with Crippen LogP contribution in [0.4, 0.5) is 4.79 Å². The Kier molecular flexibility index (Phi) is 8.53. The Morgan fingerprint density at radius 2 is 1.88 bits per heavy atom. The van der Waals surface area contributed by atoms with Crippen LogP contribution in [0.3, 0.4) is 0 Å². The minimum Gasteiger partial charge on any atom is -0.504 e. The van der Waals surface area contributed by atoms with Crippen LogP contribution in [0, 0.1) is 0 Å². The number of β-lactam (4-membered cyclic amide) rings is 1. The Hall–Kier alpha value is -4.51. The number of nitrogens with zero attached hydrogens (tertiary/aromatic N) is 3. The number of thioether (sulfide) groups is 1. The van der Waals surface area contributed by atoms with E-state index in [9.17, 15) is 48.9 Å². The maximum absolute atomic E-state index is 13.7. The first-order valence-corrected chi connectivity index (χ1v) is 13.9. The third-order valence-electron chi connectivity index (χ3n) is 6.92. The highest BCUT2D eigenvalue weighted by molar-refractivity contribution is 8.00. The number of amides is 7. The average molecular weight is 625 g/mol. The molecule has 3 aliphatic heterocycles. The van der Waals surface area contributed by atoms with E-state index in [-0.39, 0.29) is 54.5 Å². The fourth-order valence-corrected chi connectivity index (χ4v) is 6.52. The zero-order valence-corrected chi connectivity index (χ0v) is 23.4. The van der Waals surface area contributed by atoms with E-state index in [1.165, 1.54) is 11.0 Å². The van der Waals surface area contributed by atoms with E-state index in [0.717, 1.165) is 28.8 Å². The molecule has 42 heavy (non-hydrogen) atoms. The summed E-state index contributed by atoms with van der Waals surface area (Å²) >= 11 is 6.88. The standard InChI is InChI=1S/C24H25ClN6O10S/c1-2-29-5-6-30(19(37)18(29)36)23(41)27-15(11-3-4-13(33)14(34)7-11)17(35)28-24(26-10-32)21(40)31-16(20(38)39)12(8-25)9-42-22(24)31/h3-4,7,10,15,22,33-34H,2,5-6,8-9H2,1H3,(H,26,32)(H,27,41)(H,28,35)(H,38,39)/t15-,22-,24-/m1/s1. The van der Waals surface area contributed by atoms with Gasteiger partial charge in [-0.1, -0.05) is 6.07 Å². The normalized spacial score (nSPS) is 22.7. The SMILES string of the molecule is CCN1CCN(C(=O)N[C@@H](C(=O)N[C@]2(NC=O)C(=O)N3C(C(=O)O)=C(CCl)CS[C@@H]32)c2ccc(O)c(O)c2)C(=O)C1=O. The quantitative estimate of drug-likeness (QED) is 0.0467. The minimum absolute atomic E-state index is 0.0463. The third-order valence-corrected chi connectivity index (χ3v) is 8.64. The molecule has 18 heteroatoms. The first-order chi connectivity index (χ1) is 19.9. The largest absolute Gasteiger partial charge is 0.504 e. The van der Waals surface area contributed by atoms with Gasteiger partial charge in [0.25, 0.3) is 5.91 Å². The van der Waals surface area contributed by atoms with Gasteiger partial charge in [0.2, 0.25) is 18.0 Å². The number of carboxylic acid groups (broad SMARTS) is 1. The number of urea groups is 1. The molecule has 16 nitrogen and oxygen atoms in total. The van der Waals surface area contributed by atoms with Crippen LogP contribution in [0.1, 0.15) is 18.5 Å². The van der Waals surface area contributed by atoms with Crippen molar-refractivity contribution in [3.8, 4) is 11.5 Å². The molecule has 7 amide bonds. The van der Waals surface area contributed by atoms with Gasteiger partial charge < -0.3 is 36.2 Å². The van der Waals surface area contributed by atoms with Gasteiger partial charge in [-0.3, -0.25) is 33.8 Å². The summed E-state index contributed by atoms with van der Waals surface area (Å²) in [5.74, 6) is -6.97. The number of halogens is 1. The molecule has 3 atom stereocenters. The molecule has 2 fully saturated rings. The van der Waals surface area contributed by atoms with Crippen LogP contribution < -0.4 is 16.0 Å². The predicted molar refractivity (Wildman–Crippen MR) is 144 cm³/mol. The lowest BCUT2D eigenvalue weighted by Crippen LogP contribution is -2.85. The highest BCUT2D eigenvalue weighted by Gasteiger charge is 2.66. The summed E-state index contributed by atoms with van der Waals surface area (Å²) in [5, 5.41) is 35.3. The molecule has 0 spiro atoms. The zero-order chi connectivity index (χ0) is 30.9. The second-order valence-electron chi connectivity index (χ2n) is 9.26. The van der Waals surface area contributed by atoms with Crippen molar-refractivity contribution in [3.05, 3.63) is 35.0 Å². The Labute approximate surface area is 246 Å². The number of carboxylic acids is 1. The maximum Gasteiger partial charge on any atom is 0.352 e. The maximum atomic E-state index is 13.7. The number of carbonyl (C=O) groups is 7. The lowest BCUT2D eigenvalue weighted by molar-refractivity contribution is -0.163. The van der Waals surface area contributed by atoms with Gasteiger partial charge in [0.05, 0.1) is 0 Å². The third kappa shape index (κ3) is 5.04. The number of hydrogen-bond acceptors (Lipinski definition) is 10. The van der Waals surface area contributed by atoms with Crippen LogP contribution >= 0.6 is 23.4 Å². The molecule has 0 bridgehead atoms. The number of carbonyl (C=O) groups excluding carboxylic acids is 6. The molecule has 3 heterocycles. The van der Waals surface area contributed by atoms with Crippen LogP contribution in [0.25, 0.3) is 0 Å². The number of piperazine rings is 1. The summed E-state index contributed by atoms with van der Waals surface area (Å²) in [6.07, 6.45) is 0.134. The molecule has 3 aliphatic rings. The monoisotopic (exact) mass is 624 g/mol. The first kappa shape index (κ1) is 30.4. The van der Waals surface area contributed by atoms with Crippen molar-refractivity contribution in [3.63, 3.8) is 0 Å². The topological polar surface area (TPSA) is 226 Å². The number of fused-ring (bicyclic) bond motifs is 1. The number of hydrogen-bond donors (Lipinski definition) is 6. The summed E-state index contributed by atoms with van der Waals surface area (Å²) in [6.45, 7) is 1.75. The van der Waals surface area contributed by atoms with Crippen molar-refractivity contribution in [2.24, 2.45) is 0 Å². The Balaban J connectivity index is 1.66. The first-order valence-electron chi connectivity index (χ1n) is 12.3. The summed E-state index contributed by atoms with van der Waals surface area (Å²) in [5.41, 5.74) is -2.41. The molecular formula is C24H25ClN6O10S. The summed E-state index contributed by atoms with van der Waals surface area (Å²) < 4.78 is 0. The van der Waals surface area contributed by atoms with E-state index < -0.39 is 64.2 Å². The van der Waals surface area contributed by atoms with Crippen molar-refractivity contribution in [1.29, 1.82) is 0 Å². The van der Waals surface area contributed by atoms with Gasteiger partial charge in [-0.25, -0.2) is 9.59 Å². The number of imide groups is 1. The molecule has 0 aliphatic carbocycles. The van der Waals surface area contributed by atoms with Crippen molar-refractivity contribution in [2.75, 3.05) is 31.3 Å². The van der Waals surface area contributed by atoms with E-state index in [2.05, 4.69) is 16.0 Å². The number of benzene rings is 1. The highest BCUT2D eigenvalue weighted by atomic mass is 35.5. The van der Waals surface area contributed by atoms with Crippen LogP contribution in [0.5, 0.6) is 11.5 Å². The van der Waals surface area contributed by atoms with Crippen LogP contribution in [-0.4, -0.2) is 114 Å². The fourth-order valence-electron chi connectivity index (χ4n) is 4.76. The fraction of sp³-hybridized carbons (Fsp3) is 0.375. The Bertz CT molecular complexity index is 1420. The second kappa shape index (κ2) is 11.8. The molecular weight excluding hydrogens is 600 g/mol. The van der Waals surface area contributed by atoms with Crippen molar-refractivity contribution < 1.29 is 48.9 Å². The molecule has 2 saturated heterocycles. The summed E-state index contributed by atoms with van der Waals surface area (Å²) in [7, 11) is 0. The summed E-state index contributed by atoms with van der Waals surface area (Å²) in [4.78, 5) is 91.3. The lowest BCUT2D eigenvalue weighted by Gasteiger charge is -2.56. The van der Waals surface area contributed by atoms with Gasteiger partial charge in [-0.05, 0) is 30.2 Å². The molecule has 0 saturated carbocycles. The number of alkyl halides is 1. The van der Waals surface area contributed by atoms with Crippen molar-refractivity contribution in [1.82, 2.24) is 30.7 Å². The molecule has 0 unspecified atom stereocenters. The van der Waals surface area contributed by atoms with Gasteiger partial charge in [0, 0.05) is 31.3 Å². The van der Waals surface area contributed by atoms with Gasteiger partial charge >= 0.3 is 23.8 Å². The van der Waals surface area contributed by atoms with Crippen molar-refractivity contribution in [2.45, 2.75) is 24.0 Å².